The maximum Gasteiger partial charge on any atom is 0.306 e. The van der Waals surface area contributed by atoms with Crippen LogP contribution in [0, 0.1) is 5.92 Å². The first-order chi connectivity index (χ1) is 10.2. The van der Waals surface area contributed by atoms with Crippen LogP contribution >= 0.6 is 0 Å². The summed E-state index contributed by atoms with van der Waals surface area (Å²) in [5, 5.41) is 16.4. The van der Waals surface area contributed by atoms with Gasteiger partial charge in [0.1, 0.15) is 0 Å². The summed E-state index contributed by atoms with van der Waals surface area (Å²) in [6.07, 6.45) is 4.20. The number of carboxylic acid groups (broad SMARTS) is 1. The Morgan fingerprint density at radius 1 is 1.41 bits per heavy atom. The number of nitrogens with zero attached hydrogens (tertiary/aromatic N) is 2. The highest BCUT2D eigenvalue weighted by atomic mass is 16.4. The lowest BCUT2D eigenvalue weighted by atomic mass is 10.1. The van der Waals surface area contributed by atoms with Crippen molar-refractivity contribution < 1.29 is 14.7 Å². The molecule has 1 heterocycles. The second kappa shape index (κ2) is 6.10. The number of nitrogens with one attached hydrogen (secondary N) is 1. The summed E-state index contributed by atoms with van der Waals surface area (Å²) in [6.45, 7) is 8.16. The van der Waals surface area contributed by atoms with Gasteiger partial charge < -0.3 is 10.4 Å². The van der Waals surface area contributed by atoms with Gasteiger partial charge in [0.05, 0.1) is 28.9 Å². The second-order valence-corrected chi connectivity index (χ2v) is 6.96. The molecule has 0 unspecified atom stereocenters. The van der Waals surface area contributed by atoms with Gasteiger partial charge in [0.2, 0.25) is 0 Å². The van der Waals surface area contributed by atoms with Crippen molar-refractivity contribution in [2.24, 2.45) is 5.92 Å². The monoisotopic (exact) mass is 307 g/mol. The van der Waals surface area contributed by atoms with Crippen LogP contribution < -0.4 is 5.32 Å². The second-order valence-electron chi connectivity index (χ2n) is 6.96. The molecule has 2 N–H and O–H groups in total. The van der Waals surface area contributed by atoms with Crippen LogP contribution in [0.4, 0.5) is 0 Å². The minimum Gasteiger partial charge on any atom is -0.481 e. The number of rotatable bonds is 4. The summed E-state index contributed by atoms with van der Waals surface area (Å²) in [4.78, 5) is 23.5. The van der Waals surface area contributed by atoms with E-state index in [1.807, 2.05) is 11.6 Å². The van der Waals surface area contributed by atoms with Gasteiger partial charge in [-0.2, -0.15) is 5.10 Å². The minimum absolute atomic E-state index is 0.0590. The molecule has 6 heteroatoms. The number of aromatic nitrogens is 2. The van der Waals surface area contributed by atoms with Crippen LogP contribution in [0.1, 0.15) is 63.0 Å². The summed E-state index contributed by atoms with van der Waals surface area (Å²) < 4.78 is 1.89. The Hall–Kier alpha value is -1.85. The van der Waals surface area contributed by atoms with Crippen LogP contribution in [0.5, 0.6) is 0 Å². The normalized spacial score (nSPS) is 21.8. The van der Waals surface area contributed by atoms with Crippen molar-refractivity contribution in [2.45, 2.75) is 65.0 Å². The summed E-state index contributed by atoms with van der Waals surface area (Å²) in [7, 11) is 0. The predicted octanol–water partition coefficient (Wildman–Crippen LogP) is 2.18. The minimum atomic E-state index is -0.772. The van der Waals surface area contributed by atoms with Crippen molar-refractivity contribution in [1.82, 2.24) is 15.1 Å². The molecule has 1 aromatic heterocycles. The van der Waals surface area contributed by atoms with Gasteiger partial charge in [0.25, 0.3) is 5.91 Å². The lowest BCUT2D eigenvalue weighted by Gasteiger charge is -2.22. The van der Waals surface area contributed by atoms with Crippen LogP contribution in [0.2, 0.25) is 0 Å². The first-order valence-electron chi connectivity index (χ1n) is 7.85. The fraction of sp³-hybridized carbons (Fsp3) is 0.688. The zero-order valence-electron chi connectivity index (χ0n) is 13.7. The number of amides is 1. The highest BCUT2D eigenvalue weighted by Crippen LogP contribution is 2.26. The highest BCUT2D eigenvalue weighted by Gasteiger charge is 2.31. The third kappa shape index (κ3) is 3.31. The van der Waals surface area contributed by atoms with Gasteiger partial charge in [-0.1, -0.05) is 6.92 Å². The Bertz CT molecular complexity index is 572. The van der Waals surface area contributed by atoms with Gasteiger partial charge in [0.15, 0.2) is 0 Å². The van der Waals surface area contributed by atoms with Crippen molar-refractivity contribution in [2.75, 3.05) is 0 Å². The molecule has 0 aliphatic heterocycles. The largest absolute Gasteiger partial charge is 0.481 e. The molecule has 2 atom stereocenters. The third-order valence-electron chi connectivity index (χ3n) is 4.20. The Morgan fingerprint density at radius 3 is 2.59 bits per heavy atom. The number of aliphatic carboxylic acids is 1. The molecular formula is C16H25N3O3. The molecule has 1 aliphatic carbocycles. The van der Waals surface area contributed by atoms with Crippen molar-refractivity contribution in [3.8, 4) is 0 Å². The van der Waals surface area contributed by atoms with Gasteiger partial charge in [-0.05, 0) is 46.5 Å². The van der Waals surface area contributed by atoms with Crippen LogP contribution in [0.15, 0.2) is 6.20 Å². The quantitative estimate of drug-likeness (QED) is 0.893. The molecule has 1 fully saturated rings. The SMILES string of the molecule is CCc1c(C(=O)N[C@@H]2CC[C@H](C(=O)O)C2)cnn1C(C)(C)C. The topological polar surface area (TPSA) is 84.2 Å². The maximum atomic E-state index is 12.5. The standard InChI is InChI=1S/C16H25N3O3/c1-5-13-12(9-17-19(13)16(2,3)4)14(20)18-11-7-6-10(8-11)15(21)22/h9-11H,5-8H2,1-4H3,(H,18,20)(H,21,22)/t10-,11+/m0/s1. The molecule has 0 aromatic carbocycles. The molecule has 1 amide bonds. The first kappa shape index (κ1) is 16.5. The molecule has 0 radical (unpaired) electrons. The highest BCUT2D eigenvalue weighted by molar-refractivity contribution is 5.95. The number of carbonyl (C=O) groups is 2. The van der Waals surface area contributed by atoms with E-state index in [1.54, 1.807) is 6.20 Å². The third-order valence-corrected chi connectivity index (χ3v) is 4.20. The maximum absolute atomic E-state index is 12.5. The summed E-state index contributed by atoms with van der Waals surface area (Å²) in [5.41, 5.74) is 1.33. The van der Waals surface area contributed by atoms with Crippen molar-refractivity contribution in [1.29, 1.82) is 0 Å². The van der Waals surface area contributed by atoms with E-state index in [0.29, 0.717) is 18.4 Å². The van der Waals surface area contributed by atoms with Gasteiger partial charge >= 0.3 is 5.97 Å². The zero-order chi connectivity index (χ0) is 16.5. The Morgan fingerprint density at radius 2 is 2.09 bits per heavy atom. The van der Waals surface area contributed by atoms with Gasteiger partial charge in [-0.3, -0.25) is 14.3 Å². The summed E-state index contributed by atoms with van der Waals surface area (Å²) >= 11 is 0. The van der Waals surface area contributed by atoms with Gasteiger partial charge in [-0.15, -0.1) is 0 Å². The Balaban J connectivity index is 2.11. The average molecular weight is 307 g/mol. The Kier molecular flexibility index (Phi) is 4.58. The van der Waals surface area contributed by atoms with Crippen molar-refractivity contribution in [3.05, 3.63) is 17.5 Å². The molecular weight excluding hydrogens is 282 g/mol. The Labute approximate surface area is 130 Å². The molecule has 0 saturated heterocycles. The van der Waals surface area contributed by atoms with Crippen molar-refractivity contribution in [3.63, 3.8) is 0 Å². The van der Waals surface area contributed by atoms with Crippen LogP contribution in [0.3, 0.4) is 0 Å². The lowest BCUT2D eigenvalue weighted by molar-refractivity contribution is -0.141. The molecule has 2 rings (SSSR count). The fourth-order valence-corrected chi connectivity index (χ4v) is 3.08. The molecule has 1 aromatic rings. The van der Waals surface area contributed by atoms with E-state index in [0.717, 1.165) is 18.5 Å². The summed E-state index contributed by atoms with van der Waals surface area (Å²) in [6, 6.07) is -0.0590. The number of carbonyl (C=O) groups excluding carboxylic acids is 1. The predicted molar refractivity (Wildman–Crippen MR) is 82.8 cm³/mol. The van der Waals surface area contributed by atoms with E-state index in [4.69, 9.17) is 5.11 Å². The summed E-state index contributed by atoms with van der Waals surface area (Å²) in [5.74, 6) is -1.26. The van der Waals surface area contributed by atoms with Crippen LogP contribution in [-0.2, 0) is 16.8 Å². The molecule has 0 bridgehead atoms. The van der Waals surface area contributed by atoms with E-state index in [2.05, 4.69) is 31.2 Å². The molecule has 1 aliphatic rings. The lowest BCUT2D eigenvalue weighted by Crippen LogP contribution is -2.34. The van der Waals surface area contributed by atoms with E-state index < -0.39 is 5.97 Å². The molecule has 6 nitrogen and oxygen atoms in total. The molecule has 0 spiro atoms. The van der Waals surface area contributed by atoms with E-state index in [9.17, 15) is 9.59 Å². The number of carboxylic acids is 1. The molecule has 22 heavy (non-hydrogen) atoms. The number of hydrogen-bond donors (Lipinski definition) is 2. The fourth-order valence-electron chi connectivity index (χ4n) is 3.08. The smallest absolute Gasteiger partial charge is 0.306 e. The first-order valence-corrected chi connectivity index (χ1v) is 7.85. The van der Waals surface area contributed by atoms with Crippen molar-refractivity contribution >= 4 is 11.9 Å². The molecule has 122 valence electrons. The van der Waals surface area contributed by atoms with E-state index in [1.165, 1.54) is 0 Å². The van der Waals surface area contributed by atoms with E-state index in [-0.39, 0.29) is 23.4 Å². The molecule has 1 saturated carbocycles. The van der Waals surface area contributed by atoms with Gasteiger partial charge in [0, 0.05) is 6.04 Å². The zero-order valence-corrected chi connectivity index (χ0v) is 13.7. The average Bonchev–Trinajstić information content (AvgIpc) is 3.03. The van der Waals surface area contributed by atoms with Crippen LogP contribution in [-0.4, -0.2) is 32.8 Å². The number of hydrogen-bond acceptors (Lipinski definition) is 3. The van der Waals surface area contributed by atoms with E-state index >= 15 is 0 Å². The van der Waals surface area contributed by atoms with Gasteiger partial charge in [-0.25, -0.2) is 0 Å². The van der Waals surface area contributed by atoms with Crippen LogP contribution in [0.25, 0.3) is 0 Å².